The fraction of sp³-hybridized carbons (Fsp3) is 0. The van der Waals surface area contributed by atoms with Crippen LogP contribution < -0.4 is 4.74 Å². The molecule has 0 aliphatic carbocycles. The molecule has 0 unspecified atom stereocenters. The Hall–Kier alpha value is -2.41. The van der Waals surface area contributed by atoms with Gasteiger partial charge >= 0.3 is 0 Å². The van der Waals surface area contributed by atoms with Crippen LogP contribution in [0.2, 0.25) is 0 Å². The first-order chi connectivity index (χ1) is 8.63. The van der Waals surface area contributed by atoms with E-state index in [2.05, 4.69) is 0 Å². The van der Waals surface area contributed by atoms with Gasteiger partial charge in [0.15, 0.2) is 23.2 Å². The minimum absolute atomic E-state index is 0.297. The van der Waals surface area contributed by atoms with Crippen LogP contribution in [0.5, 0.6) is 11.5 Å². The molecule has 2 aromatic carbocycles. The lowest BCUT2D eigenvalue weighted by atomic mass is 10.2. The smallest absolute Gasteiger partial charge is 0.184 e. The van der Waals surface area contributed by atoms with Crippen molar-refractivity contribution in [3.8, 4) is 23.8 Å². The molecule has 4 heteroatoms. The zero-order chi connectivity index (χ0) is 13.1. The van der Waals surface area contributed by atoms with Crippen molar-refractivity contribution in [2.24, 2.45) is 0 Å². The minimum Gasteiger partial charge on any atom is -0.454 e. The highest BCUT2D eigenvalue weighted by molar-refractivity contribution is 5.44. The summed E-state index contributed by atoms with van der Waals surface area (Å²) in [5, 5.41) is 0. The fourth-order valence-electron chi connectivity index (χ4n) is 1.40. The monoisotopic (exact) mass is 248 g/mol. The number of halogens is 3. The van der Waals surface area contributed by atoms with Crippen LogP contribution >= 0.6 is 0 Å². The van der Waals surface area contributed by atoms with Crippen molar-refractivity contribution in [3.05, 3.63) is 59.4 Å². The largest absolute Gasteiger partial charge is 0.454 e. The number of benzene rings is 2. The van der Waals surface area contributed by atoms with Gasteiger partial charge in [-0.25, -0.2) is 13.2 Å². The number of rotatable bonds is 2. The first kappa shape index (κ1) is 12.1. The summed E-state index contributed by atoms with van der Waals surface area (Å²) in [6, 6.07) is 8.79. The fourth-order valence-corrected chi connectivity index (χ4v) is 1.40. The Bertz CT molecular complexity index is 615. The number of hydrogen-bond acceptors (Lipinski definition) is 1. The van der Waals surface area contributed by atoms with Gasteiger partial charge in [-0.05, 0) is 12.1 Å². The van der Waals surface area contributed by atoms with Crippen LogP contribution in [0, 0.1) is 29.8 Å². The number of para-hydroxylation sites is 1. The van der Waals surface area contributed by atoms with Crippen LogP contribution in [0.3, 0.4) is 0 Å². The van der Waals surface area contributed by atoms with Gasteiger partial charge in [-0.2, -0.15) is 0 Å². The topological polar surface area (TPSA) is 9.23 Å². The van der Waals surface area contributed by atoms with E-state index in [1.807, 2.05) is 0 Å². The summed E-state index contributed by atoms with van der Waals surface area (Å²) in [5.41, 5.74) is -0.777. The van der Waals surface area contributed by atoms with E-state index in [4.69, 9.17) is 11.2 Å². The van der Waals surface area contributed by atoms with Gasteiger partial charge in [-0.3, -0.25) is 0 Å². The molecule has 0 saturated carbocycles. The summed E-state index contributed by atoms with van der Waals surface area (Å²) in [4.78, 5) is 0. The standard InChI is InChI=1S/C14H7F3O/c1-2-10-13(16)11(15)8-12(14(10)17)18-9-6-4-3-5-7-9/h1,3-8H. The van der Waals surface area contributed by atoms with Crippen LogP contribution in [0.25, 0.3) is 0 Å². The van der Waals surface area contributed by atoms with Crippen molar-refractivity contribution in [3.63, 3.8) is 0 Å². The Morgan fingerprint density at radius 2 is 1.67 bits per heavy atom. The van der Waals surface area contributed by atoms with Gasteiger partial charge in [-0.1, -0.05) is 24.1 Å². The van der Waals surface area contributed by atoms with Gasteiger partial charge in [-0.15, -0.1) is 6.42 Å². The second kappa shape index (κ2) is 4.84. The zero-order valence-corrected chi connectivity index (χ0v) is 9.08. The van der Waals surface area contributed by atoms with Gasteiger partial charge in [0.05, 0.1) is 0 Å². The summed E-state index contributed by atoms with van der Waals surface area (Å²) in [6.07, 6.45) is 4.93. The zero-order valence-electron chi connectivity index (χ0n) is 9.08. The molecule has 0 spiro atoms. The van der Waals surface area contributed by atoms with Crippen LogP contribution in [-0.4, -0.2) is 0 Å². The second-order valence-electron chi connectivity index (χ2n) is 3.42. The van der Waals surface area contributed by atoms with E-state index in [0.29, 0.717) is 11.8 Å². The molecule has 2 aromatic rings. The molecule has 0 bridgehead atoms. The van der Waals surface area contributed by atoms with Gasteiger partial charge < -0.3 is 4.74 Å². The Labute approximate surface area is 102 Å². The van der Waals surface area contributed by atoms with Crippen molar-refractivity contribution in [2.45, 2.75) is 0 Å². The Morgan fingerprint density at radius 1 is 1.00 bits per heavy atom. The lowest BCUT2D eigenvalue weighted by Crippen LogP contribution is -1.98. The van der Waals surface area contributed by atoms with Crippen molar-refractivity contribution >= 4 is 0 Å². The van der Waals surface area contributed by atoms with Crippen molar-refractivity contribution in [1.82, 2.24) is 0 Å². The van der Waals surface area contributed by atoms with Crippen molar-refractivity contribution < 1.29 is 17.9 Å². The second-order valence-corrected chi connectivity index (χ2v) is 3.42. The third-order valence-electron chi connectivity index (χ3n) is 2.24. The van der Waals surface area contributed by atoms with E-state index in [9.17, 15) is 13.2 Å². The molecule has 0 aliphatic heterocycles. The molecule has 0 atom stereocenters. The van der Waals surface area contributed by atoms with E-state index in [1.165, 1.54) is 0 Å². The summed E-state index contributed by atoms with van der Waals surface area (Å²) < 4.78 is 45.2. The van der Waals surface area contributed by atoms with Crippen molar-refractivity contribution in [2.75, 3.05) is 0 Å². The summed E-state index contributed by atoms with van der Waals surface area (Å²) >= 11 is 0. The highest BCUT2D eigenvalue weighted by atomic mass is 19.2. The van der Waals surface area contributed by atoms with E-state index < -0.39 is 28.8 Å². The maximum atomic E-state index is 13.7. The molecule has 0 heterocycles. The molecule has 0 aromatic heterocycles. The quantitative estimate of drug-likeness (QED) is 0.579. The van der Waals surface area contributed by atoms with E-state index >= 15 is 0 Å². The molecule has 0 saturated heterocycles. The Morgan fingerprint density at radius 3 is 2.28 bits per heavy atom. The molecule has 2 rings (SSSR count). The minimum atomic E-state index is -1.39. The van der Waals surface area contributed by atoms with E-state index in [1.54, 1.807) is 36.3 Å². The molecule has 0 aliphatic rings. The Kier molecular flexibility index (Phi) is 3.24. The van der Waals surface area contributed by atoms with E-state index in [-0.39, 0.29) is 0 Å². The van der Waals surface area contributed by atoms with Crippen LogP contribution in [-0.2, 0) is 0 Å². The lowest BCUT2D eigenvalue weighted by molar-refractivity contribution is 0.420. The van der Waals surface area contributed by atoms with Gasteiger partial charge in [0.1, 0.15) is 11.3 Å². The first-order valence-corrected chi connectivity index (χ1v) is 5.00. The van der Waals surface area contributed by atoms with Crippen molar-refractivity contribution in [1.29, 1.82) is 0 Å². The third kappa shape index (κ3) is 2.16. The average molecular weight is 248 g/mol. The lowest BCUT2D eigenvalue weighted by Gasteiger charge is -2.08. The van der Waals surface area contributed by atoms with Gasteiger partial charge in [0, 0.05) is 6.07 Å². The average Bonchev–Trinajstić information content (AvgIpc) is 2.38. The molecule has 0 N–H and O–H groups in total. The third-order valence-corrected chi connectivity index (χ3v) is 2.24. The molecule has 18 heavy (non-hydrogen) atoms. The number of terminal acetylenes is 1. The molecule has 0 amide bonds. The highest BCUT2D eigenvalue weighted by Crippen LogP contribution is 2.29. The molecule has 0 radical (unpaired) electrons. The summed E-state index contributed by atoms with van der Waals surface area (Å²) in [6.45, 7) is 0. The first-order valence-electron chi connectivity index (χ1n) is 5.00. The predicted molar refractivity (Wildman–Crippen MR) is 60.8 cm³/mol. The Balaban J connectivity index is 2.47. The maximum Gasteiger partial charge on any atom is 0.184 e. The molecule has 1 nitrogen and oxygen atoms in total. The normalized spacial score (nSPS) is 9.89. The van der Waals surface area contributed by atoms with Gasteiger partial charge in [0.2, 0.25) is 0 Å². The van der Waals surface area contributed by atoms with E-state index in [0.717, 1.165) is 0 Å². The SMILES string of the molecule is C#Cc1c(F)c(F)cc(Oc2ccccc2)c1F. The number of ether oxygens (including phenoxy) is 1. The summed E-state index contributed by atoms with van der Waals surface area (Å²) in [5.74, 6) is -2.14. The van der Waals surface area contributed by atoms with Crippen LogP contribution in [0.4, 0.5) is 13.2 Å². The maximum absolute atomic E-state index is 13.7. The van der Waals surface area contributed by atoms with Crippen LogP contribution in [0.1, 0.15) is 5.56 Å². The molecular formula is C14H7F3O. The molecule has 0 fully saturated rings. The highest BCUT2D eigenvalue weighted by Gasteiger charge is 2.18. The summed E-state index contributed by atoms with van der Waals surface area (Å²) in [7, 11) is 0. The molecule has 90 valence electrons. The number of hydrogen-bond donors (Lipinski definition) is 0. The molecular weight excluding hydrogens is 241 g/mol. The van der Waals surface area contributed by atoms with Crippen LogP contribution in [0.15, 0.2) is 36.4 Å². The predicted octanol–water partition coefficient (Wildman–Crippen LogP) is 3.88. The van der Waals surface area contributed by atoms with Gasteiger partial charge in [0.25, 0.3) is 0 Å².